The Morgan fingerprint density at radius 3 is 2.61 bits per heavy atom. The largest absolute Gasteiger partial charge is 0.325 e. The molecule has 1 N–H and O–H groups in total. The van der Waals surface area contributed by atoms with Crippen molar-refractivity contribution in [2.75, 3.05) is 18.4 Å². The Hall–Kier alpha value is -2.58. The molecule has 0 spiro atoms. The molecule has 1 aliphatic heterocycles. The number of fused-ring (bicyclic) bond motifs is 3. The molecule has 3 aromatic rings. The molecule has 8 heteroatoms. The molecule has 162 valence electrons. The molecule has 1 saturated heterocycles. The minimum absolute atomic E-state index is 0.104. The standard InChI is InChI=1S/C23H25FN4O2S/c24-15-7-9-16(10-8-15)25-20(29)14-28-19(13-27-11-3-4-12-27)26-22-21(23(28)30)17-5-1-2-6-18(17)31-22/h7-10H,1-6,11-14H2,(H,25,29). The summed E-state index contributed by atoms with van der Waals surface area (Å²) in [5.74, 6) is -0.0344. The van der Waals surface area contributed by atoms with E-state index in [0.717, 1.165) is 62.0 Å². The molecule has 1 aliphatic carbocycles. The van der Waals surface area contributed by atoms with Crippen LogP contribution in [0.5, 0.6) is 0 Å². The van der Waals surface area contributed by atoms with Gasteiger partial charge in [0.05, 0.1) is 11.9 Å². The van der Waals surface area contributed by atoms with E-state index < -0.39 is 0 Å². The highest BCUT2D eigenvalue weighted by Crippen LogP contribution is 2.34. The van der Waals surface area contributed by atoms with E-state index in [1.165, 1.54) is 29.1 Å². The second-order valence-corrected chi connectivity index (χ2v) is 9.43. The van der Waals surface area contributed by atoms with Gasteiger partial charge in [0.2, 0.25) is 5.91 Å². The number of thiophene rings is 1. The maximum Gasteiger partial charge on any atom is 0.263 e. The number of aromatic nitrogens is 2. The van der Waals surface area contributed by atoms with Crippen LogP contribution in [0.2, 0.25) is 0 Å². The Bertz CT molecular complexity index is 1180. The summed E-state index contributed by atoms with van der Waals surface area (Å²) < 4.78 is 14.7. The lowest BCUT2D eigenvalue weighted by Crippen LogP contribution is -2.33. The zero-order valence-electron chi connectivity index (χ0n) is 17.3. The number of amides is 1. The average molecular weight is 441 g/mol. The fourth-order valence-corrected chi connectivity index (χ4v) is 5.85. The van der Waals surface area contributed by atoms with Gasteiger partial charge in [-0.1, -0.05) is 0 Å². The van der Waals surface area contributed by atoms with Crippen molar-refractivity contribution in [2.45, 2.75) is 51.6 Å². The summed E-state index contributed by atoms with van der Waals surface area (Å²) in [5.41, 5.74) is 1.51. The molecule has 0 atom stereocenters. The van der Waals surface area contributed by atoms with E-state index in [4.69, 9.17) is 4.98 Å². The fourth-order valence-electron chi connectivity index (χ4n) is 4.58. The molecule has 0 saturated carbocycles. The molecule has 1 amide bonds. The maximum absolute atomic E-state index is 13.6. The Kier molecular flexibility index (Phi) is 5.58. The number of anilines is 1. The summed E-state index contributed by atoms with van der Waals surface area (Å²) in [4.78, 5) is 35.6. The molecule has 3 heterocycles. The first-order valence-corrected chi connectivity index (χ1v) is 11.7. The number of likely N-dealkylation sites (tertiary alicyclic amines) is 1. The van der Waals surface area contributed by atoms with Crippen LogP contribution in [0.4, 0.5) is 10.1 Å². The summed E-state index contributed by atoms with van der Waals surface area (Å²) in [6.45, 7) is 2.43. The van der Waals surface area contributed by atoms with Crippen molar-refractivity contribution in [3.63, 3.8) is 0 Å². The summed E-state index contributed by atoms with van der Waals surface area (Å²) in [7, 11) is 0. The normalized spacial score (nSPS) is 16.5. The number of nitrogens with zero attached hydrogens (tertiary/aromatic N) is 3. The van der Waals surface area contributed by atoms with E-state index in [2.05, 4.69) is 10.2 Å². The first-order chi connectivity index (χ1) is 15.1. The number of aryl methyl sites for hydroxylation is 2. The maximum atomic E-state index is 13.6. The van der Waals surface area contributed by atoms with Gasteiger partial charge in [0.15, 0.2) is 0 Å². The van der Waals surface area contributed by atoms with E-state index in [-0.39, 0.29) is 23.8 Å². The molecule has 1 fully saturated rings. The van der Waals surface area contributed by atoms with Crippen LogP contribution in [0, 0.1) is 5.82 Å². The lowest BCUT2D eigenvalue weighted by Gasteiger charge is -2.18. The van der Waals surface area contributed by atoms with Crippen molar-refractivity contribution in [1.82, 2.24) is 14.5 Å². The van der Waals surface area contributed by atoms with Gasteiger partial charge in [-0.2, -0.15) is 0 Å². The Balaban J connectivity index is 1.51. The smallest absolute Gasteiger partial charge is 0.263 e. The SMILES string of the molecule is O=C(Cn1c(CN2CCCC2)nc2sc3c(c2c1=O)CCCC3)Nc1ccc(F)cc1. The zero-order chi connectivity index (χ0) is 21.4. The Morgan fingerprint density at radius 1 is 1.10 bits per heavy atom. The molecule has 1 aromatic carbocycles. The number of hydrogen-bond acceptors (Lipinski definition) is 5. The Labute approximate surface area is 183 Å². The average Bonchev–Trinajstić information content (AvgIpc) is 3.40. The summed E-state index contributed by atoms with van der Waals surface area (Å²) in [6.07, 6.45) is 6.42. The summed E-state index contributed by atoms with van der Waals surface area (Å²) in [5, 5.41) is 3.46. The number of halogens is 1. The minimum atomic E-state index is -0.362. The van der Waals surface area contributed by atoms with Gasteiger partial charge in [-0.15, -0.1) is 11.3 Å². The second kappa shape index (κ2) is 8.51. The number of carbonyl (C=O) groups is 1. The third-order valence-corrected chi connectivity index (χ3v) is 7.33. The highest BCUT2D eigenvalue weighted by atomic mass is 32.1. The molecule has 2 aromatic heterocycles. The lowest BCUT2D eigenvalue weighted by molar-refractivity contribution is -0.116. The molecular weight excluding hydrogens is 415 g/mol. The van der Waals surface area contributed by atoms with E-state index in [0.29, 0.717) is 23.4 Å². The van der Waals surface area contributed by atoms with Crippen molar-refractivity contribution >= 4 is 33.1 Å². The van der Waals surface area contributed by atoms with Gasteiger partial charge in [0.25, 0.3) is 5.56 Å². The van der Waals surface area contributed by atoms with Crippen molar-refractivity contribution in [3.05, 3.63) is 56.7 Å². The van der Waals surface area contributed by atoms with Gasteiger partial charge in [0, 0.05) is 10.6 Å². The van der Waals surface area contributed by atoms with Gasteiger partial charge in [0.1, 0.15) is 23.0 Å². The molecule has 31 heavy (non-hydrogen) atoms. The molecule has 0 bridgehead atoms. The van der Waals surface area contributed by atoms with Crippen LogP contribution in [0.3, 0.4) is 0 Å². The van der Waals surface area contributed by atoms with Crippen LogP contribution >= 0.6 is 11.3 Å². The third-order valence-electron chi connectivity index (χ3n) is 6.15. The highest BCUT2D eigenvalue weighted by Gasteiger charge is 2.24. The van der Waals surface area contributed by atoms with E-state index in [1.54, 1.807) is 15.9 Å². The fraction of sp³-hybridized carbons (Fsp3) is 0.435. The molecule has 2 aliphatic rings. The molecule has 6 nitrogen and oxygen atoms in total. The van der Waals surface area contributed by atoms with Gasteiger partial charge in [-0.3, -0.25) is 19.1 Å². The van der Waals surface area contributed by atoms with Crippen molar-refractivity contribution in [2.24, 2.45) is 0 Å². The topological polar surface area (TPSA) is 67.2 Å². The molecule has 5 rings (SSSR count). The van der Waals surface area contributed by atoms with Gasteiger partial charge in [-0.05, 0) is 81.4 Å². The van der Waals surface area contributed by atoms with E-state index in [1.807, 2.05) is 0 Å². The number of benzene rings is 1. The van der Waals surface area contributed by atoms with Gasteiger partial charge >= 0.3 is 0 Å². The first-order valence-electron chi connectivity index (χ1n) is 10.9. The van der Waals surface area contributed by atoms with E-state index in [9.17, 15) is 14.0 Å². The molecule has 0 radical (unpaired) electrons. The summed E-state index contributed by atoms with van der Waals surface area (Å²) in [6, 6.07) is 5.62. The van der Waals surface area contributed by atoms with Crippen LogP contribution in [-0.2, 0) is 30.7 Å². The number of carbonyl (C=O) groups excluding carboxylic acids is 1. The van der Waals surface area contributed by atoms with Crippen molar-refractivity contribution in [3.8, 4) is 0 Å². The first kappa shape index (κ1) is 20.3. The van der Waals surface area contributed by atoms with Gasteiger partial charge in [-0.25, -0.2) is 9.37 Å². The number of hydrogen-bond donors (Lipinski definition) is 1. The van der Waals surface area contributed by atoms with Crippen LogP contribution in [0.25, 0.3) is 10.2 Å². The quantitative estimate of drug-likeness (QED) is 0.657. The number of rotatable bonds is 5. The van der Waals surface area contributed by atoms with Crippen molar-refractivity contribution in [1.29, 1.82) is 0 Å². The molecule has 0 unspecified atom stereocenters. The van der Waals surface area contributed by atoms with Crippen molar-refractivity contribution < 1.29 is 9.18 Å². The predicted molar refractivity (Wildman–Crippen MR) is 120 cm³/mol. The molecular formula is C23H25FN4O2S. The predicted octanol–water partition coefficient (Wildman–Crippen LogP) is 3.71. The van der Waals surface area contributed by atoms with Gasteiger partial charge < -0.3 is 5.32 Å². The second-order valence-electron chi connectivity index (χ2n) is 8.35. The monoisotopic (exact) mass is 440 g/mol. The lowest BCUT2D eigenvalue weighted by atomic mass is 9.97. The Morgan fingerprint density at radius 2 is 1.84 bits per heavy atom. The summed E-state index contributed by atoms with van der Waals surface area (Å²) >= 11 is 1.64. The highest BCUT2D eigenvalue weighted by molar-refractivity contribution is 7.18. The number of nitrogens with one attached hydrogen (secondary N) is 1. The minimum Gasteiger partial charge on any atom is -0.325 e. The van der Waals surface area contributed by atoms with E-state index >= 15 is 0 Å². The zero-order valence-corrected chi connectivity index (χ0v) is 18.1. The van der Waals surface area contributed by atoms with Crippen LogP contribution < -0.4 is 10.9 Å². The van der Waals surface area contributed by atoms with Crippen LogP contribution in [0.15, 0.2) is 29.1 Å². The van der Waals surface area contributed by atoms with Crippen LogP contribution in [-0.4, -0.2) is 33.4 Å². The third kappa shape index (κ3) is 4.14. The van der Waals surface area contributed by atoms with Crippen LogP contribution in [0.1, 0.15) is 41.9 Å².